The van der Waals surface area contributed by atoms with Gasteiger partial charge in [-0.15, -0.1) is 12.4 Å². The van der Waals surface area contributed by atoms with E-state index in [-0.39, 0.29) is 36.0 Å². The molecule has 8 heteroatoms. The van der Waals surface area contributed by atoms with E-state index in [9.17, 15) is 9.18 Å². The number of carbonyl (C=O) groups is 1. The summed E-state index contributed by atoms with van der Waals surface area (Å²) >= 11 is 0. The number of carbonyl (C=O) groups excluding carboxylic acids is 1. The predicted octanol–water partition coefficient (Wildman–Crippen LogP) is 2.20. The molecule has 0 aliphatic rings. The molecule has 0 unspecified atom stereocenters. The number of rotatable bonds is 6. The SMILES string of the molecule is Cl.NCC[C@H](N)CNC(=O)c1nc2ccc(-c3ccc(F)cc3)cc2[nH]1. The van der Waals surface area contributed by atoms with Crippen LogP contribution in [0.15, 0.2) is 42.5 Å². The minimum Gasteiger partial charge on any atom is -0.348 e. The molecule has 138 valence electrons. The molecule has 0 radical (unpaired) electrons. The van der Waals surface area contributed by atoms with E-state index in [2.05, 4.69) is 15.3 Å². The number of halogens is 2. The molecule has 1 amide bonds. The number of hydrogen-bond acceptors (Lipinski definition) is 4. The third kappa shape index (κ3) is 4.57. The van der Waals surface area contributed by atoms with Crippen molar-refractivity contribution in [3.63, 3.8) is 0 Å². The molecular weight excluding hydrogens is 357 g/mol. The maximum absolute atomic E-state index is 13.0. The van der Waals surface area contributed by atoms with Gasteiger partial charge in [0.05, 0.1) is 11.0 Å². The van der Waals surface area contributed by atoms with Crippen LogP contribution in [0.4, 0.5) is 4.39 Å². The van der Waals surface area contributed by atoms with Crippen molar-refractivity contribution in [1.29, 1.82) is 0 Å². The fourth-order valence-corrected chi connectivity index (χ4v) is 2.56. The van der Waals surface area contributed by atoms with Gasteiger partial charge in [0.15, 0.2) is 5.82 Å². The summed E-state index contributed by atoms with van der Waals surface area (Å²) in [5.74, 6) is -0.364. The largest absolute Gasteiger partial charge is 0.348 e. The highest BCUT2D eigenvalue weighted by atomic mass is 35.5. The lowest BCUT2D eigenvalue weighted by atomic mass is 10.1. The van der Waals surface area contributed by atoms with Crippen LogP contribution in [0.1, 0.15) is 17.0 Å². The Morgan fingerprint density at radius 1 is 1.19 bits per heavy atom. The van der Waals surface area contributed by atoms with Crippen molar-refractivity contribution >= 4 is 29.3 Å². The van der Waals surface area contributed by atoms with Gasteiger partial charge in [-0.25, -0.2) is 9.37 Å². The van der Waals surface area contributed by atoms with Crippen LogP contribution >= 0.6 is 12.4 Å². The number of nitrogens with zero attached hydrogens (tertiary/aromatic N) is 1. The number of benzene rings is 2. The first-order chi connectivity index (χ1) is 12.1. The molecule has 3 rings (SSSR count). The van der Waals surface area contributed by atoms with Crippen LogP contribution in [0.3, 0.4) is 0 Å². The number of nitrogens with one attached hydrogen (secondary N) is 2. The molecule has 1 atom stereocenters. The van der Waals surface area contributed by atoms with Gasteiger partial charge in [-0.1, -0.05) is 18.2 Å². The van der Waals surface area contributed by atoms with Crippen LogP contribution in [-0.4, -0.2) is 35.0 Å². The average molecular weight is 378 g/mol. The number of imidazole rings is 1. The first-order valence-electron chi connectivity index (χ1n) is 8.06. The highest BCUT2D eigenvalue weighted by molar-refractivity contribution is 5.94. The molecule has 2 aromatic carbocycles. The van der Waals surface area contributed by atoms with E-state index in [1.54, 1.807) is 12.1 Å². The molecule has 0 saturated carbocycles. The molecule has 1 heterocycles. The smallest absolute Gasteiger partial charge is 0.287 e. The Balaban J connectivity index is 0.00000243. The van der Waals surface area contributed by atoms with Crippen LogP contribution in [0.5, 0.6) is 0 Å². The minimum absolute atomic E-state index is 0. The van der Waals surface area contributed by atoms with Gasteiger partial charge in [-0.3, -0.25) is 4.79 Å². The normalized spacial score (nSPS) is 11.8. The summed E-state index contributed by atoms with van der Waals surface area (Å²) in [6.45, 7) is 0.821. The van der Waals surface area contributed by atoms with Crippen molar-refractivity contribution in [3.8, 4) is 11.1 Å². The molecule has 0 spiro atoms. The van der Waals surface area contributed by atoms with E-state index in [0.717, 1.165) is 16.6 Å². The van der Waals surface area contributed by atoms with Gasteiger partial charge < -0.3 is 21.8 Å². The molecule has 0 bridgehead atoms. The van der Waals surface area contributed by atoms with Gasteiger partial charge in [0.2, 0.25) is 0 Å². The second-order valence-corrected chi connectivity index (χ2v) is 5.87. The molecule has 6 nitrogen and oxygen atoms in total. The second-order valence-electron chi connectivity index (χ2n) is 5.87. The number of nitrogens with two attached hydrogens (primary N) is 2. The van der Waals surface area contributed by atoms with Gasteiger partial charge in [0.1, 0.15) is 5.82 Å². The summed E-state index contributed by atoms with van der Waals surface area (Å²) < 4.78 is 13.0. The van der Waals surface area contributed by atoms with E-state index in [0.29, 0.717) is 25.0 Å². The lowest BCUT2D eigenvalue weighted by Gasteiger charge is -2.10. The molecule has 0 saturated heterocycles. The maximum Gasteiger partial charge on any atom is 0.287 e. The van der Waals surface area contributed by atoms with Crippen molar-refractivity contribution in [2.24, 2.45) is 11.5 Å². The molecule has 1 aromatic heterocycles. The van der Waals surface area contributed by atoms with E-state index >= 15 is 0 Å². The van der Waals surface area contributed by atoms with Crippen molar-refractivity contribution in [2.45, 2.75) is 12.5 Å². The number of fused-ring (bicyclic) bond motifs is 1. The van der Waals surface area contributed by atoms with Gasteiger partial charge in [0.25, 0.3) is 5.91 Å². The van der Waals surface area contributed by atoms with Crippen molar-refractivity contribution in [2.75, 3.05) is 13.1 Å². The Bertz CT molecular complexity index is 881. The maximum atomic E-state index is 13.0. The van der Waals surface area contributed by atoms with Gasteiger partial charge in [-0.2, -0.15) is 0 Å². The van der Waals surface area contributed by atoms with Gasteiger partial charge in [0, 0.05) is 12.6 Å². The van der Waals surface area contributed by atoms with Crippen LogP contribution in [0.25, 0.3) is 22.2 Å². The lowest BCUT2D eigenvalue weighted by molar-refractivity contribution is 0.0941. The Hall–Kier alpha value is -2.48. The summed E-state index contributed by atoms with van der Waals surface area (Å²) in [6, 6.07) is 11.6. The fourth-order valence-electron chi connectivity index (χ4n) is 2.56. The van der Waals surface area contributed by atoms with Gasteiger partial charge >= 0.3 is 0 Å². The summed E-state index contributed by atoms with van der Waals surface area (Å²) in [5.41, 5.74) is 14.5. The van der Waals surface area contributed by atoms with E-state index < -0.39 is 0 Å². The standard InChI is InChI=1S/C18H20FN5O.ClH/c19-13-4-1-11(2-5-13)12-3-6-15-16(9-12)24-17(23-15)18(25)22-10-14(21)7-8-20;/h1-6,9,14H,7-8,10,20-21H2,(H,22,25)(H,23,24);1H/t14-;/m0./s1. The van der Waals surface area contributed by atoms with Crippen LogP contribution in [-0.2, 0) is 0 Å². The monoisotopic (exact) mass is 377 g/mol. The summed E-state index contributed by atoms with van der Waals surface area (Å²) in [4.78, 5) is 19.5. The van der Waals surface area contributed by atoms with Crippen LogP contribution < -0.4 is 16.8 Å². The average Bonchev–Trinajstić information content (AvgIpc) is 3.04. The molecule has 0 fully saturated rings. The Labute approximate surface area is 156 Å². The number of amides is 1. The summed E-state index contributed by atoms with van der Waals surface area (Å²) in [5, 5.41) is 2.74. The van der Waals surface area contributed by atoms with Crippen molar-refractivity contribution in [3.05, 3.63) is 54.1 Å². The zero-order chi connectivity index (χ0) is 17.8. The molecule has 0 aliphatic carbocycles. The Morgan fingerprint density at radius 3 is 2.58 bits per heavy atom. The van der Waals surface area contributed by atoms with Gasteiger partial charge in [-0.05, 0) is 48.4 Å². The minimum atomic E-state index is -0.313. The topological polar surface area (TPSA) is 110 Å². The predicted molar refractivity (Wildman–Crippen MR) is 103 cm³/mol. The first-order valence-corrected chi connectivity index (χ1v) is 8.06. The molecule has 6 N–H and O–H groups in total. The lowest BCUT2D eigenvalue weighted by Crippen LogP contribution is -2.38. The highest BCUT2D eigenvalue weighted by Crippen LogP contribution is 2.23. The van der Waals surface area contributed by atoms with E-state index in [1.807, 2.05) is 18.2 Å². The fraction of sp³-hybridized carbons (Fsp3) is 0.222. The van der Waals surface area contributed by atoms with Crippen molar-refractivity contribution < 1.29 is 9.18 Å². The van der Waals surface area contributed by atoms with E-state index in [4.69, 9.17) is 11.5 Å². The number of hydrogen-bond donors (Lipinski definition) is 4. The zero-order valence-electron chi connectivity index (χ0n) is 14.0. The number of H-pyrrole nitrogens is 1. The summed E-state index contributed by atoms with van der Waals surface area (Å²) in [6.07, 6.45) is 0.640. The first kappa shape index (κ1) is 19.8. The third-order valence-electron chi connectivity index (χ3n) is 3.94. The van der Waals surface area contributed by atoms with Crippen LogP contribution in [0, 0.1) is 5.82 Å². The Kier molecular flexibility index (Phi) is 6.68. The number of aromatic nitrogens is 2. The zero-order valence-corrected chi connectivity index (χ0v) is 14.9. The highest BCUT2D eigenvalue weighted by Gasteiger charge is 2.13. The van der Waals surface area contributed by atoms with E-state index in [1.165, 1.54) is 12.1 Å². The Morgan fingerprint density at radius 2 is 1.88 bits per heavy atom. The van der Waals surface area contributed by atoms with Crippen molar-refractivity contribution in [1.82, 2.24) is 15.3 Å². The van der Waals surface area contributed by atoms with Crippen LogP contribution in [0.2, 0.25) is 0 Å². The molecule has 0 aliphatic heterocycles. The molecule has 3 aromatic rings. The molecule has 26 heavy (non-hydrogen) atoms. The second kappa shape index (κ2) is 8.75. The summed E-state index contributed by atoms with van der Waals surface area (Å²) in [7, 11) is 0. The number of aromatic amines is 1. The molecular formula is C18H21ClFN5O. The third-order valence-corrected chi connectivity index (χ3v) is 3.94. The quantitative estimate of drug-likeness (QED) is 0.527.